The molecule has 2 rings (SSSR count). The predicted octanol–water partition coefficient (Wildman–Crippen LogP) is 3.82. The maximum atomic E-state index is 12.3. The Hall–Kier alpha value is -2.57. The molecular weight excluding hydrogens is 369 g/mol. The van der Waals surface area contributed by atoms with Crippen LogP contribution in [0.2, 0.25) is 10.0 Å². The van der Waals surface area contributed by atoms with Crippen LogP contribution >= 0.6 is 23.2 Å². The summed E-state index contributed by atoms with van der Waals surface area (Å²) < 4.78 is 9.28. The molecule has 0 fully saturated rings. The number of anilines is 1. The van der Waals surface area contributed by atoms with Crippen molar-refractivity contribution >= 4 is 46.7 Å². The Bertz CT molecular complexity index is 817. The summed E-state index contributed by atoms with van der Waals surface area (Å²) in [5.74, 6) is -1.80. The third-order valence-electron chi connectivity index (χ3n) is 3.21. The van der Waals surface area contributed by atoms with Gasteiger partial charge in [-0.15, -0.1) is 0 Å². The highest BCUT2D eigenvalue weighted by Crippen LogP contribution is 2.24. The van der Waals surface area contributed by atoms with Gasteiger partial charge in [0.1, 0.15) is 0 Å². The fraction of sp³-hybridized carbons (Fsp3) is 0.118. The van der Waals surface area contributed by atoms with Crippen molar-refractivity contribution in [2.45, 2.75) is 0 Å². The highest BCUT2D eigenvalue weighted by molar-refractivity contribution is 6.42. The maximum Gasteiger partial charge on any atom is 0.337 e. The number of halogens is 2. The second-order valence-electron chi connectivity index (χ2n) is 4.87. The van der Waals surface area contributed by atoms with E-state index in [2.05, 4.69) is 14.8 Å². The van der Waals surface area contributed by atoms with Crippen LogP contribution in [0.25, 0.3) is 0 Å². The summed E-state index contributed by atoms with van der Waals surface area (Å²) in [4.78, 5) is 35.8. The Morgan fingerprint density at radius 1 is 0.800 bits per heavy atom. The van der Waals surface area contributed by atoms with Gasteiger partial charge in [0.2, 0.25) is 0 Å². The quantitative estimate of drug-likeness (QED) is 0.814. The first-order valence-electron chi connectivity index (χ1n) is 6.94. The number of methoxy groups -OCH3 is 2. The highest BCUT2D eigenvalue weighted by Gasteiger charge is 2.16. The van der Waals surface area contributed by atoms with E-state index in [1.54, 1.807) is 0 Å². The first kappa shape index (κ1) is 18.8. The van der Waals surface area contributed by atoms with Crippen LogP contribution in [-0.2, 0) is 9.47 Å². The summed E-state index contributed by atoms with van der Waals surface area (Å²) >= 11 is 11.7. The van der Waals surface area contributed by atoms with Crippen LogP contribution in [-0.4, -0.2) is 32.1 Å². The van der Waals surface area contributed by atoms with Crippen LogP contribution in [0.5, 0.6) is 0 Å². The number of carbonyl (C=O) groups is 3. The van der Waals surface area contributed by atoms with E-state index in [4.69, 9.17) is 23.2 Å². The van der Waals surface area contributed by atoms with E-state index in [0.717, 1.165) is 0 Å². The fourth-order valence-corrected chi connectivity index (χ4v) is 2.31. The van der Waals surface area contributed by atoms with E-state index < -0.39 is 17.8 Å². The minimum absolute atomic E-state index is 0.0924. The van der Waals surface area contributed by atoms with Crippen LogP contribution in [0, 0.1) is 0 Å². The lowest BCUT2D eigenvalue weighted by molar-refractivity contribution is 0.0599. The predicted molar refractivity (Wildman–Crippen MR) is 93.5 cm³/mol. The largest absolute Gasteiger partial charge is 0.465 e. The van der Waals surface area contributed by atoms with E-state index in [9.17, 15) is 14.4 Å². The molecule has 0 saturated heterocycles. The molecular formula is C17H13Cl2NO5. The van der Waals surface area contributed by atoms with Gasteiger partial charge in [0.25, 0.3) is 5.91 Å². The molecule has 0 aromatic heterocycles. The van der Waals surface area contributed by atoms with Crippen molar-refractivity contribution in [2.75, 3.05) is 19.5 Å². The van der Waals surface area contributed by atoms with Gasteiger partial charge in [0, 0.05) is 11.3 Å². The molecule has 0 atom stereocenters. The summed E-state index contributed by atoms with van der Waals surface area (Å²) in [6, 6.07) is 8.47. The molecule has 0 unspecified atom stereocenters. The van der Waals surface area contributed by atoms with Gasteiger partial charge in [0.05, 0.1) is 35.4 Å². The summed E-state index contributed by atoms with van der Waals surface area (Å²) in [6.45, 7) is 0. The highest BCUT2D eigenvalue weighted by atomic mass is 35.5. The number of amides is 1. The van der Waals surface area contributed by atoms with E-state index in [1.165, 1.54) is 50.6 Å². The zero-order valence-electron chi connectivity index (χ0n) is 13.3. The van der Waals surface area contributed by atoms with Crippen LogP contribution in [0.3, 0.4) is 0 Å². The van der Waals surface area contributed by atoms with Gasteiger partial charge in [-0.25, -0.2) is 9.59 Å². The Morgan fingerprint density at radius 2 is 1.36 bits per heavy atom. The Balaban J connectivity index is 2.36. The molecule has 1 N–H and O–H groups in total. The Morgan fingerprint density at radius 3 is 1.84 bits per heavy atom. The number of benzene rings is 2. The first-order chi connectivity index (χ1) is 11.8. The zero-order valence-corrected chi connectivity index (χ0v) is 14.8. The molecule has 0 heterocycles. The third-order valence-corrected chi connectivity index (χ3v) is 3.95. The molecule has 8 heteroatoms. The van der Waals surface area contributed by atoms with Crippen molar-refractivity contribution in [3.05, 3.63) is 63.1 Å². The molecule has 2 aromatic rings. The lowest BCUT2D eigenvalue weighted by atomic mass is 10.1. The molecule has 0 aliphatic heterocycles. The lowest BCUT2D eigenvalue weighted by Crippen LogP contribution is -2.14. The second-order valence-corrected chi connectivity index (χ2v) is 5.68. The molecule has 0 saturated carbocycles. The van der Waals surface area contributed by atoms with Crippen molar-refractivity contribution in [3.8, 4) is 0 Å². The minimum atomic E-state index is -0.657. The normalized spacial score (nSPS) is 10.1. The van der Waals surface area contributed by atoms with Crippen molar-refractivity contribution < 1.29 is 23.9 Å². The first-order valence-corrected chi connectivity index (χ1v) is 7.69. The molecule has 0 radical (unpaired) electrons. The van der Waals surface area contributed by atoms with Gasteiger partial charge in [-0.1, -0.05) is 23.2 Å². The fourth-order valence-electron chi connectivity index (χ4n) is 2.01. The molecule has 0 aliphatic carbocycles. The van der Waals surface area contributed by atoms with Gasteiger partial charge in [-0.2, -0.15) is 0 Å². The van der Waals surface area contributed by atoms with Crippen molar-refractivity contribution in [3.63, 3.8) is 0 Å². The maximum absolute atomic E-state index is 12.3. The van der Waals surface area contributed by atoms with Gasteiger partial charge in [-0.3, -0.25) is 4.79 Å². The summed E-state index contributed by atoms with van der Waals surface area (Å²) in [5.41, 5.74) is 0.668. The standard InChI is InChI=1S/C17H13Cl2NO5/c1-24-16(22)10-5-11(17(23)25-2)7-12(6-10)20-15(21)9-3-4-13(18)14(19)8-9/h3-8H,1-2H3,(H,20,21). The number of esters is 2. The molecule has 0 bridgehead atoms. The minimum Gasteiger partial charge on any atom is -0.465 e. The van der Waals surface area contributed by atoms with Crippen LogP contribution in [0.4, 0.5) is 5.69 Å². The number of nitrogens with one attached hydrogen (secondary N) is 1. The molecule has 130 valence electrons. The van der Waals surface area contributed by atoms with Crippen LogP contribution in [0.15, 0.2) is 36.4 Å². The molecule has 6 nitrogen and oxygen atoms in total. The van der Waals surface area contributed by atoms with Crippen molar-refractivity contribution in [1.29, 1.82) is 0 Å². The SMILES string of the molecule is COC(=O)c1cc(NC(=O)c2ccc(Cl)c(Cl)c2)cc(C(=O)OC)c1. The molecule has 2 aromatic carbocycles. The number of hydrogen-bond donors (Lipinski definition) is 1. The smallest absolute Gasteiger partial charge is 0.337 e. The van der Waals surface area contributed by atoms with E-state index >= 15 is 0 Å². The summed E-state index contributed by atoms with van der Waals surface area (Å²) in [7, 11) is 2.42. The van der Waals surface area contributed by atoms with Crippen molar-refractivity contribution in [2.24, 2.45) is 0 Å². The Kier molecular flexibility index (Phi) is 6.01. The monoisotopic (exact) mass is 381 g/mol. The van der Waals surface area contributed by atoms with E-state index in [1.807, 2.05) is 0 Å². The summed E-state index contributed by atoms with van der Waals surface area (Å²) in [5, 5.41) is 3.14. The summed E-state index contributed by atoms with van der Waals surface area (Å²) in [6.07, 6.45) is 0. The van der Waals surface area contributed by atoms with Crippen molar-refractivity contribution in [1.82, 2.24) is 0 Å². The number of ether oxygens (including phenoxy) is 2. The average molecular weight is 382 g/mol. The number of rotatable bonds is 4. The Labute approximate surface area is 153 Å². The van der Waals surface area contributed by atoms with E-state index in [0.29, 0.717) is 5.02 Å². The van der Waals surface area contributed by atoms with Gasteiger partial charge in [0.15, 0.2) is 0 Å². The molecule has 0 aliphatic rings. The zero-order chi connectivity index (χ0) is 18.6. The van der Waals surface area contributed by atoms with Crippen LogP contribution < -0.4 is 5.32 Å². The number of hydrogen-bond acceptors (Lipinski definition) is 5. The third kappa shape index (κ3) is 4.49. The molecule has 25 heavy (non-hydrogen) atoms. The topological polar surface area (TPSA) is 81.7 Å². The van der Waals surface area contributed by atoms with Gasteiger partial charge < -0.3 is 14.8 Å². The van der Waals surface area contributed by atoms with E-state index in [-0.39, 0.29) is 27.4 Å². The number of carbonyl (C=O) groups excluding carboxylic acids is 3. The molecule has 0 spiro atoms. The lowest BCUT2D eigenvalue weighted by Gasteiger charge is -2.10. The van der Waals surface area contributed by atoms with Gasteiger partial charge in [-0.05, 0) is 36.4 Å². The van der Waals surface area contributed by atoms with Crippen LogP contribution in [0.1, 0.15) is 31.1 Å². The van der Waals surface area contributed by atoms with Gasteiger partial charge >= 0.3 is 11.9 Å². The average Bonchev–Trinajstić information content (AvgIpc) is 2.62. The second kappa shape index (κ2) is 8.00. The molecule has 1 amide bonds.